The number of Topliss-reactive ketones (excluding diaryl/α,β-unsaturated/α-hetero) is 1. The number of aromatic hydroxyl groups is 2. The highest BCUT2D eigenvalue weighted by Gasteiger charge is 2.48. The van der Waals surface area contributed by atoms with E-state index in [9.17, 15) is 34.5 Å². The summed E-state index contributed by atoms with van der Waals surface area (Å²) in [5.74, 6) is -3.68. The summed E-state index contributed by atoms with van der Waals surface area (Å²) in [6.07, 6.45) is 0.826. The van der Waals surface area contributed by atoms with Gasteiger partial charge in [0.05, 0.1) is 23.8 Å². The molecule has 2 aromatic rings. The van der Waals surface area contributed by atoms with E-state index in [-0.39, 0.29) is 46.4 Å². The number of nitrogens with one attached hydrogen (secondary N) is 1. The van der Waals surface area contributed by atoms with Crippen molar-refractivity contribution in [2.75, 3.05) is 40.9 Å². The van der Waals surface area contributed by atoms with Crippen LogP contribution in [0.25, 0.3) is 0 Å². The first kappa shape index (κ1) is 30.2. The summed E-state index contributed by atoms with van der Waals surface area (Å²) < 4.78 is 10.4. The fourth-order valence-corrected chi connectivity index (χ4v) is 5.50. The predicted octanol–water partition coefficient (Wildman–Crippen LogP) is 2.05. The molecular formula is C30H36N2O9. The van der Waals surface area contributed by atoms with E-state index in [2.05, 4.69) is 5.32 Å². The van der Waals surface area contributed by atoms with Crippen LogP contribution in [0.15, 0.2) is 18.2 Å². The Kier molecular flexibility index (Phi) is 8.81. The van der Waals surface area contributed by atoms with Gasteiger partial charge in [0.25, 0.3) is 0 Å². The van der Waals surface area contributed by atoms with Gasteiger partial charge in [-0.3, -0.25) is 19.2 Å². The first-order valence-corrected chi connectivity index (χ1v) is 13.6. The lowest BCUT2D eigenvalue weighted by molar-refractivity contribution is -0.155. The van der Waals surface area contributed by atoms with Crippen LogP contribution < -0.4 is 10.1 Å². The van der Waals surface area contributed by atoms with E-state index in [1.54, 1.807) is 0 Å². The molecule has 0 amide bonds. The maximum Gasteiger partial charge on any atom is 0.306 e. The number of carbonyl (C=O) groups is 4. The molecule has 11 nitrogen and oxygen atoms in total. The molecule has 0 aromatic heterocycles. The van der Waals surface area contributed by atoms with Gasteiger partial charge in [0.2, 0.25) is 11.6 Å². The number of aliphatic hydroxyl groups is 1. The lowest BCUT2D eigenvalue weighted by Crippen LogP contribution is -2.50. The number of rotatable bonds is 11. The minimum absolute atomic E-state index is 0.00158. The van der Waals surface area contributed by atoms with Crippen molar-refractivity contribution in [3.63, 3.8) is 0 Å². The number of methoxy groups -OCH3 is 1. The van der Waals surface area contributed by atoms with Crippen LogP contribution in [0, 0.1) is 0 Å². The number of ether oxygens (including phenoxy) is 2. The number of benzene rings is 2. The molecule has 4 rings (SSSR count). The van der Waals surface area contributed by atoms with Crippen molar-refractivity contribution in [2.45, 2.75) is 50.7 Å². The molecule has 41 heavy (non-hydrogen) atoms. The highest BCUT2D eigenvalue weighted by atomic mass is 16.5. The topological polar surface area (TPSA) is 163 Å². The van der Waals surface area contributed by atoms with E-state index in [1.165, 1.54) is 25.3 Å². The Bertz CT molecular complexity index is 1400. The number of esters is 1. The van der Waals surface area contributed by atoms with Crippen molar-refractivity contribution in [1.82, 2.24) is 10.2 Å². The van der Waals surface area contributed by atoms with Gasteiger partial charge in [-0.15, -0.1) is 0 Å². The highest BCUT2D eigenvalue weighted by Crippen LogP contribution is 2.51. The minimum Gasteiger partial charge on any atom is -0.507 e. The Morgan fingerprint density at radius 2 is 1.80 bits per heavy atom. The molecule has 11 heteroatoms. The first-order chi connectivity index (χ1) is 19.4. The maximum absolute atomic E-state index is 13.7. The smallest absolute Gasteiger partial charge is 0.306 e. The van der Waals surface area contributed by atoms with Crippen LogP contribution in [0.4, 0.5) is 0 Å². The van der Waals surface area contributed by atoms with Crippen LogP contribution in [0.2, 0.25) is 0 Å². The summed E-state index contributed by atoms with van der Waals surface area (Å²) in [5.41, 5.74) is -2.78. The summed E-state index contributed by atoms with van der Waals surface area (Å²) in [7, 11) is 5.08. The van der Waals surface area contributed by atoms with Gasteiger partial charge in [0, 0.05) is 55.1 Å². The zero-order chi connectivity index (χ0) is 30.1. The molecule has 4 N–H and O–H groups in total. The van der Waals surface area contributed by atoms with Gasteiger partial charge < -0.3 is 35.0 Å². The predicted molar refractivity (Wildman–Crippen MR) is 148 cm³/mol. The van der Waals surface area contributed by atoms with E-state index in [0.29, 0.717) is 19.5 Å². The van der Waals surface area contributed by atoms with Gasteiger partial charge in [-0.2, -0.15) is 0 Å². The molecule has 2 atom stereocenters. The number of unbranched alkanes of at least 4 members (excludes halogenated alkanes) is 1. The quantitative estimate of drug-likeness (QED) is 0.198. The molecule has 2 aromatic carbocycles. The summed E-state index contributed by atoms with van der Waals surface area (Å²) in [6, 6.07) is 3.60. The number of carbonyl (C=O) groups excluding carboxylic acids is 4. The number of nitrogens with zero attached hydrogens (tertiary/aromatic N) is 1. The third-order valence-corrected chi connectivity index (χ3v) is 7.69. The highest BCUT2D eigenvalue weighted by molar-refractivity contribution is 6.31. The Hall–Kier alpha value is -3.80. The molecule has 0 saturated carbocycles. The summed E-state index contributed by atoms with van der Waals surface area (Å²) in [6.45, 7) is 2.18. The number of hydrogen-bond acceptors (Lipinski definition) is 11. The fraction of sp³-hybridized carbons (Fsp3) is 0.467. The lowest BCUT2D eigenvalue weighted by Gasteiger charge is -2.39. The molecular weight excluding hydrogens is 532 g/mol. The molecule has 0 unspecified atom stereocenters. The van der Waals surface area contributed by atoms with E-state index in [1.807, 2.05) is 25.9 Å². The average Bonchev–Trinajstić information content (AvgIpc) is 2.94. The Labute approximate surface area is 238 Å². The van der Waals surface area contributed by atoms with Crippen molar-refractivity contribution in [2.24, 2.45) is 0 Å². The molecule has 0 heterocycles. The molecule has 220 valence electrons. The second kappa shape index (κ2) is 12.0. The van der Waals surface area contributed by atoms with E-state index in [4.69, 9.17) is 9.47 Å². The van der Waals surface area contributed by atoms with Crippen molar-refractivity contribution >= 4 is 23.3 Å². The zero-order valence-corrected chi connectivity index (χ0v) is 23.7. The Balaban J connectivity index is 1.80. The number of phenols is 2. The van der Waals surface area contributed by atoms with Gasteiger partial charge in [-0.05, 0) is 26.6 Å². The van der Waals surface area contributed by atoms with Gasteiger partial charge in [0.1, 0.15) is 22.8 Å². The maximum atomic E-state index is 13.7. The zero-order valence-electron chi connectivity index (χ0n) is 23.7. The van der Waals surface area contributed by atoms with Crippen molar-refractivity contribution < 1.29 is 44.0 Å². The van der Waals surface area contributed by atoms with Crippen LogP contribution in [-0.2, 0) is 20.7 Å². The van der Waals surface area contributed by atoms with Gasteiger partial charge in [-0.1, -0.05) is 25.5 Å². The second-order valence-corrected chi connectivity index (χ2v) is 10.8. The third-order valence-electron chi connectivity index (χ3n) is 7.69. The van der Waals surface area contributed by atoms with E-state index >= 15 is 0 Å². The Morgan fingerprint density at radius 3 is 2.46 bits per heavy atom. The van der Waals surface area contributed by atoms with Gasteiger partial charge >= 0.3 is 5.97 Å². The van der Waals surface area contributed by atoms with Crippen LogP contribution >= 0.6 is 0 Å². The molecule has 0 saturated heterocycles. The third kappa shape index (κ3) is 5.57. The second-order valence-electron chi connectivity index (χ2n) is 10.8. The molecule has 2 aliphatic carbocycles. The molecule has 0 bridgehead atoms. The standard InChI is InChI=1S/C30H36N2O9/c1-5-6-10-21(34)41-15-20(33)30(39)13-17-22(18(14-30)31-11-12-32(2)3)28(37)25-24(27(17)36)26(35)16-8-7-9-19(40-4)23(16)29(25)38/h7-9,18,31,36-37,39H,5-6,10-15H2,1-4H3/t18-,30-/m0/s1. The average molecular weight is 569 g/mol. The van der Waals surface area contributed by atoms with Gasteiger partial charge in [-0.25, -0.2) is 0 Å². The molecule has 0 fully saturated rings. The van der Waals surface area contributed by atoms with Gasteiger partial charge in [0.15, 0.2) is 12.4 Å². The molecule has 0 radical (unpaired) electrons. The van der Waals surface area contributed by atoms with Crippen molar-refractivity contribution in [3.8, 4) is 17.2 Å². The Morgan fingerprint density at radius 1 is 1.10 bits per heavy atom. The molecule has 0 spiro atoms. The number of ketones is 3. The van der Waals surface area contributed by atoms with Crippen molar-refractivity contribution in [3.05, 3.63) is 51.6 Å². The number of hydrogen-bond donors (Lipinski definition) is 4. The molecule has 0 aliphatic heterocycles. The van der Waals surface area contributed by atoms with E-state index in [0.717, 1.165) is 6.42 Å². The van der Waals surface area contributed by atoms with Crippen LogP contribution in [-0.4, -0.2) is 90.0 Å². The lowest BCUT2D eigenvalue weighted by atomic mass is 9.71. The fourth-order valence-electron chi connectivity index (χ4n) is 5.50. The van der Waals surface area contributed by atoms with Crippen LogP contribution in [0.3, 0.4) is 0 Å². The first-order valence-electron chi connectivity index (χ1n) is 13.6. The van der Waals surface area contributed by atoms with E-state index < -0.39 is 65.1 Å². The number of phenolic OH excluding ortho intramolecular Hbond substituents is 2. The SMILES string of the molecule is CCCCC(=O)OCC(=O)[C@]1(O)Cc2c(O)c3c(c(O)c2[C@@H](NCCN(C)C)C1)C(=O)c1c(OC)cccc1C3=O. The van der Waals surface area contributed by atoms with Crippen molar-refractivity contribution in [1.29, 1.82) is 0 Å². The largest absolute Gasteiger partial charge is 0.507 e. The minimum atomic E-state index is -2.09. The summed E-state index contributed by atoms with van der Waals surface area (Å²) in [5, 5.41) is 37.7. The number of fused-ring (bicyclic) bond motifs is 3. The number of likely N-dealkylation sites (N-methyl/N-ethyl adjacent to an activating group) is 1. The monoisotopic (exact) mass is 568 g/mol. The van der Waals surface area contributed by atoms with Crippen LogP contribution in [0.1, 0.15) is 81.6 Å². The summed E-state index contributed by atoms with van der Waals surface area (Å²) in [4.78, 5) is 54.4. The van der Waals surface area contributed by atoms with Crippen LogP contribution in [0.5, 0.6) is 17.2 Å². The molecule has 2 aliphatic rings. The summed E-state index contributed by atoms with van der Waals surface area (Å²) >= 11 is 0. The normalized spacial score (nSPS) is 19.4.